The third-order valence-corrected chi connectivity index (χ3v) is 5.88. The van der Waals surface area contributed by atoms with Gasteiger partial charge in [-0.15, -0.1) is 0 Å². The number of nitrogens with one attached hydrogen (secondary N) is 1. The van der Waals surface area contributed by atoms with Crippen molar-refractivity contribution in [3.05, 3.63) is 66.0 Å². The van der Waals surface area contributed by atoms with E-state index in [2.05, 4.69) is 15.4 Å². The minimum Gasteiger partial charge on any atom is -0.336 e. The molecule has 1 saturated heterocycles. The van der Waals surface area contributed by atoms with E-state index in [-0.39, 0.29) is 11.8 Å². The smallest absolute Gasteiger partial charge is 0.275 e. The normalized spacial score (nSPS) is 23.3. The Balaban J connectivity index is 1.68. The Labute approximate surface area is 161 Å². The molecule has 0 unspecified atom stereocenters. The summed E-state index contributed by atoms with van der Waals surface area (Å²) >= 11 is 0. The standard InChI is InChI=1S/C20H20N6O2/c1-24-12-9-21-17(24)16-20(13-5-3-4-6-14(13)22-19(20)28)8-11-26(16)18(27)15-7-10-25(2)23-15/h3-7,9-10,12,16H,8,11H2,1-2H3,(H,22,28)/t16-,20+/m0/s1. The number of amides is 2. The molecule has 8 nitrogen and oxygen atoms in total. The lowest BCUT2D eigenvalue weighted by atomic mass is 9.74. The SMILES string of the molecule is Cn1ccc(C(=O)N2CC[C@]3(C(=O)Nc4ccccc43)[C@@H]2c2nccn2C)n1. The van der Waals surface area contributed by atoms with Gasteiger partial charge in [0.2, 0.25) is 5.91 Å². The molecule has 1 N–H and O–H groups in total. The fourth-order valence-corrected chi connectivity index (χ4v) is 4.58. The predicted molar refractivity (Wildman–Crippen MR) is 102 cm³/mol. The van der Waals surface area contributed by atoms with Gasteiger partial charge < -0.3 is 14.8 Å². The van der Waals surface area contributed by atoms with Crippen LogP contribution in [-0.2, 0) is 24.3 Å². The van der Waals surface area contributed by atoms with Crippen molar-refractivity contribution in [2.24, 2.45) is 14.1 Å². The number of carbonyl (C=O) groups is 2. The Morgan fingerprint density at radius 3 is 2.75 bits per heavy atom. The minimum atomic E-state index is -0.861. The van der Waals surface area contributed by atoms with Gasteiger partial charge in [0.1, 0.15) is 23.0 Å². The summed E-state index contributed by atoms with van der Waals surface area (Å²) in [4.78, 5) is 32.9. The van der Waals surface area contributed by atoms with E-state index in [1.54, 1.807) is 35.1 Å². The average molecular weight is 376 g/mol. The van der Waals surface area contributed by atoms with Gasteiger partial charge in [0, 0.05) is 44.9 Å². The van der Waals surface area contributed by atoms with E-state index < -0.39 is 11.5 Å². The second-order valence-electron chi connectivity index (χ2n) is 7.39. The van der Waals surface area contributed by atoms with E-state index in [9.17, 15) is 9.59 Å². The second-order valence-corrected chi connectivity index (χ2v) is 7.39. The zero-order valence-corrected chi connectivity index (χ0v) is 15.7. The van der Waals surface area contributed by atoms with E-state index in [4.69, 9.17) is 0 Å². The number of nitrogens with zero attached hydrogens (tertiary/aromatic N) is 5. The summed E-state index contributed by atoms with van der Waals surface area (Å²) in [6, 6.07) is 8.90. The number of carbonyl (C=O) groups excluding carboxylic acids is 2. The number of imidazole rings is 1. The van der Waals surface area contributed by atoms with E-state index in [0.29, 0.717) is 24.5 Å². The van der Waals surface area contributed by atoms with Crippen LogP contribution < -0.4 is 5.32 Å². The van der Waals surface area contributed by atoms with Gasteiger partial charge in [-0.05, 0) is 24.1 Å². The molecule has 2 aromatic heterocycles. The predicted octanol–water partition coefficient (Wildman–Crippen LogP) is 1.63. The molecule has 2 amide bonds. The lowest BCUT2D eigenvalue weighted by Gasteiger charge is -2.33. The van der Waals surface area contributed by atoms with E-state index in [1.165, 1.54) is 0 Å². The number of aryl methyl sites for hydroxylation is 2. The first-order chi connectivity index (χ1) is 13.5. The third-order valence-electron chi connectivity index (χ3n) is 5.88. The van der Waals surface area contributed by atoms with Crippen LogP contribution in [0.4, 0.5) is 5.69 Å². The van der Waals surface area contributed by atoms with Crippen LogP contribution in [0, 0.1) is 0 Å². The molecule has 0 aliphatic carbocycles. The molecule has 0 radical (unpaired) electrons. The molecule has 1 aromatic carbocycles. The molecule has 4 heterocycles. The third kappa shape index (κ3) is 2.11. The first-order valence-corrected chi connectivity index (χ1v) is 9.21. The highest BCUT2D eigenvalue weighted by Gasteiger charge is 2.60. The number of anilines is 1. The fourth-order valence-electron chi connectivity index (χ4n) is 4.58. The molecule has 5 rings (SSSR count). The van der Waals surface area contributed by atoms with Crippen molar-refractivity contribution < 1.29 is 9.59 Å². The fraction of sp³-hybridized carbons (Fsp3) is 0.300. The molecule has 0 saturated carbocycles. The summed E-state index contributed by atoms with van der Waals surface area (Å²) in [6.07, 6.45) is 5.81. The first-order valence-electron chi connectivity index (χ1n) is 9.21. The van der Waals surface area contributed by atoms with Gasteiger partial charge in [0.25, 0.3) is 5.91 Å². The highest BCUT2D eigenvalue weighted by atomic mass is 16.2. The topological polar surface area (TPSA) is 85.0 Å². The van der Waals surface area contributed by atoms with E-state index >= 15 is 0 Å². The van der Waals surface area contributed by atoms with Gasteiger partial charge >= 0.3 is 0 Å². The highest BCUT2D eigenvalue weighted by Crippen LogP contribution is 2.54. The zero-order valence-electron chi connectivity index (χ0n) is 15.7. The molecule has 2 aliphatic rings. The molecule has 1 spiro atoms. The monoisotopic (exact) mass is 376 g/mol. The number of hydrogen-bond acceptors (Lipinski definition) is 4. The van der Waals surface area contributed by atoms with Crippen LogP contribution in [0.25, 0.3) is 0 Å². The first kappa shape index (κ1) is 16.7. The van der Waals surface area contributed by atoms with Crippen molar-refractivity contribution in [1.29, 1.82) is 0 Å². The summed E-state index contributed by atoms with van der Waals surface area (Å²) in [5.74, 6) is 0.411. The number of aromatic nitrogens is 4. The van der Waals surface area contributed by atoms with Crippen LogP contribution >= 0.6 is 0 Å². The second kappa shape index (κ2) is 5.79. The van der Waals surface area contributed by atoms with Crippen LogP contribution in [0.2, 0.25) is 0 Å². The molecule has 8 heteroatoms. The van der Waals surface area contributed by atoms with Crippen LogP contribution in [0.5, 0.6) is 0 Å². The minimum absolute atomic E-state index is 0.0852. The van der Waals surface area contributed by atoms with E-state index in [1.807, 2.05) is 42.1 Å². The van der Waals surface area contributed by atoms with E-state index in [0.717, 1.165) is 11.3 Å². The number of likely N-dealkylation sites (tertiary alicyclic amines) is 1. The molecule has 2 atom stereocenters. The maximum atomic E-state index is 13.3. The van der Waals surface area contributed by atoms with Crippen LogP contribution in [0.15, 0.2) is 48.9 Å². The number of hydrogen-bond donors (Lipinski definition) is 1. The quantitative estimate of drug-likeness (QED) is 0.737. The van der Waals surface area contributed by atoms with Gasteiger partial charge in [-0.1, -0.05) is 18.2 Å². The van der Waals surface area contributed by atoms with Crippen molar-refractivity contribution in [2.45, 2.75) is 17.9 Å². The Morgan fingerprint density at radius 1 is 1.21 bits per heavy atom. The summed E-state index contributed by atoms with van der Waals surface area (Å²) in [5, 5.41) is 7.28. The highest BCUT2D eigenvalue weighted by molar-refractivity contribution is 6.08. The van der Waals surface area contributed by atoms with Crippen molar-refractivity contribution in [3.8, 4) is 0 Å². The number of para-hydroxylation sites is 1. The summed E-state index contributed by atoms with van der Waals surface area (Å²) in [5.41, 5.74) is 1.23. The van der Waals surface area contributed by atoms with Crippen molar-refractivity contribution >= 4 is 17.5 Å². The number of fused-ring (bicyclic) bond motifs is 2. The summed E-state index contributed by atoms with van der Waals surface area (Å²) in [6.45, 7) is 0.453. The largest absolute Gasteiger partial charge is 0.336 e. The summed E-state index contributed by atoms with van der Waals surface area (Å²) in [7, 11) is 3.66. The average Bonchev–Trinajstić information content (AvgIpc) is 3.43. The van der Waals surface area contributed by atoms with Crippen LogP contribution in [-0.4, -0.2) is 42.6 Å². The molecule has 3 aromatic rings. The lowest BCUT2D eigenvalue weighted by Crippen LogP contribution is -2.43. The van der Waals surface area contributed by atoms with Crippen molar-refractivity contribution in [1.82, 2.24) is 24.2 Å². The van der Waals surface area contributed by atoms with Gasteiger partial charge in [0.05, 0.1) is 0 Å². The molecular formula is C20H20N6O2. The Kier molecular flexibility index (Phi) is 3.46. The lowest BCUT2D eigenvalue weighted by molar-refractivity contribution is -0.121. The maximum absolute atomic E-state index is 13.3. The van der Waals surface area contributed by atoms with Gasteiger partial charge in [0.15, 0.2) is 0 Å². The van der Waals surface area contributed by atoms with Crippen LogP contribution in [0.1, 0.15) is 34.3 Å². The molecular weight excluding hydrogens is 356 g/mol. The molecule has 0 bridgehead atoms. The molecule has 142 valence electrons. The number of benzene rings is 1. The van der Waals surface area contributed by atoms with Gasteiger partial charge in [-0.3, -0.25) is 14.3 Å². The number of rotatable bonds is 2. The molecule has 1 fully saturated rings. The molecule has 28 heavy (non-hydrogen) atoms. The van der Waals surface area contributed by atoms with Gasteiger partial charge in [-0.2, -0.15) is 5.10 Å². The van der Waals surface area contributed by atoms with Crippen LogP contribution in [0.3, 0.4) is 0 Å². The Hall–Kier alpha value is -3.42. The summed E-state index contributed by atoms with van der Waals surface area (Å²) < 4.78 is 3.48. The molecule has 2 aliphatic heterocycles. The van der Waals surface area contributed by atoms with Gasteiger partial charge in [-0.25, -0.2) is 4.98 Å². The Bertz CT molecular complexity index is 1100. The van der Waals surface area contributed by atoms with Crippen molar-refractivity contribution in [2.75, 3.05) is 11.9 Å². The Morgan fingerprint density at radius 2 is 2.04 bits per heavy atom. The maximum Gasteiger partial charge on any atom is 0.275 e. The zero-order chi connectivity index (χ0) is 19.5. The van der Waals surface area contributed by atoms with Crippen molar-refractivity contribution in [3.63, 3.8) is 0 Å².